The van der Waals surface area contributed by atoms with Crippen molar-refractivity contribution < 1.29 is 19.1 Å². The van der Waals surface area contributed by atoms with E-state index >= 15 is 0 Å². The normalized spacial score (nSPS) is 18.1. The fourth-order valence-electron chi connectivity index (χ4n) is 3.70. The fraction of sp³-hybridized carbons (Fsp3) is 0.261. The molecule has 5 nitrogen and oxygen atoms in total. The summed E-state index contributed by atoms with van der Waals surface area (Å²) < 4.78 is 15.8. The number of Topliss-reactive ketones (excluding diaryl/α,β-unsaturated/α-hetero) is 1. The van der Waals surface area contributed by atoms with Crippen LogP contribution >= 0.6 is 23.1 Å². The lowest BCUT2D eigenvalue weighted by Gasteiger charge is -2.33. The number of thioether (sulfide) groups is 1. The lowest BCUT2D eigenvalue weighted by atomic mass is 9.83. The van der Waals surface area contributed by atoms with Gasteiger partial charge >= 0.3 is 0 Å². The summed E-state index contributed by atoms with van der Waals surface area (Å²) in [5, 5.41) is 8.46. The molecule has 0 aliphatic carbocycles. The Kier molecular flexibility index (Phi) is 7.46. The molecule has 3 aromatic rings. The van der Waals surface area contributed by atoms with Crippen molar-refractivity contribution in [3.05, 3.63) is 70.4 Å². The number of hydrogen-bond acceptors (Lipinski definition) is 6. The fourth-order valence-corrected chi connectivity index (χ4v) is 5.58. The Morgan fingerprint density at radius 3 is 2.71 bits per heavy atom. The van der Waals surface area contributed by atoms with Gasteiger partial charge in [-0.1, -0.05) is 43.0 Å². The number of aliphatic imine (C=N–C) groups is 1. The maximum absolute atomic E-state index is 14.7. The van der Waals surface area contributed by atoms with Crippen LogP contribution in [0.2, 0.25) is 0 Å². The first-order valence-electron chi connectivity index (χ1n) is 9.79. The molecule has 0 spiro atoms. The van der Waals surface area contributed by atoms with Gasteiger partial charge in [-0.2, -0.15) is 0 Å². The van der Waals surface area contributed by atoms with Gasteiger partial charge in [0.25, 0.3) is 6.47 Å². The van der Waals surface area contributed by atoms with Gasteiger partial charge in [0.2, 0.25) is 0 Å². The van der Waals surface area contributed by atoms with Gasteiger partial charge in [0.1, 0.15) is 5.82 Å². The number of amidine groups is 1. The molecule has 8 heteroatoms. The molecule has 1 aromatic heterocycles. The topological polar surface area (TPSA) is 92.8 Å². The highest BCUT2D eigenvalue weighted by atomic mass is 32.2. The van der Waals surface area contributed by atoms with Crippen LogP contribution in [0.4, 0.5) is 4.39 Å². The zero-order chi connectivity index (χ0) is 22.4. The molecule has 3 N–H and O–H groups in total. The second-order valence-electron chi connectivity index (χ2n) is 7.10. The predicted molar refractivity (Wildman–Crippen MR) is 126 cm³/mol. The minimum Gasteiger partial charge on any atom is -0.483 e. The molecule has 31 heavy (non-hydrogen) atoms. The van der Waals surface area contributed by atoms with E-state index in [0.29, 0.717) is 17.2 Å². The molecule has 1 aliphatic rings. The number of fused-ring (bicyclic) bond motifs is 1. The maximum Gasteiger partial charge on any atom is 0.290 e. The molecular formula is C23H23FN2O3S2. The number of carbonyl (C=O) groups is 2. The smallest absolute Gasteiger partial charge is 0.290 e. The molecule has 162 valence electrons. The summed E-state index contributed by atoms with van der Waals surface area (Å²) in [4.78, 5) is 26.5. The van der Waals surface area contributed by atoms with Crippen LogP contribution in [0, 0.1) is 5.82 Å². The van der Waals surface area contributed by atoms with Crippen molar-refractivity contribution in [3.63, 3.8) is 0 Å². The number of carboxylic acid groups (broad SMARTS) is 1. The van der Waals surface area contributed by atoms with E-state index in [4.69, 9.17) is 15.6 Å². The second-order valence-corrected chi connectivity index (χ2v) is 9.30. The highest BCUT2D eigenvalue weighted by molar-refractivity contribution is 8.13. The third-order valence-electron chi connectivity index (χ3n) is 5.27. The Morgan fingerprint density at radius 1 is 1.29 bits per heavy atom. The Hall–Kier alpha value is -2.71. The molecule has 0 radical (unpaired) electrons. The van der Waals surface area contributed by atoms with Gasteiger partial charge in [-0.15, -0.1) is 11.3 Å². The number of nitrogens with two attached hydrogens (primary N) is 1. The Morgan fingerprint density at radius 2 is 2.03 bits per heavy atom. The van der Waals surface area contributed by atoms with Crippen molar-refractivity contribution in [1.82, 2.24) is 0 Å². The van der Waals surface area contributed by atoms with Gasteiger partial charge in [-0.05, 0) is 48.1 Å². The highest BCUT2D eigenvalue weighted by Crippen LogP contribution is 2.40. The van der Waals surface area contributed by atoms with Gasteiger partial charge < -0.3 is 10.8 Å². The van der Waals surface area contributed by atoms with Crippen molar-refractivity contribution >= 4 is 50.6 Å². The van der Waals surface area contributed by atoms with E-state index in [1.54, 1.807) is 12.1 Å². The summed E-state index contributed by atoms with van der Waals surface area (Å²) in [6.45, 7) is 1.75. The summed E-state index contributed by atoms with van der Waals surface area (Å²) in [6.07, 6.45) is 1.65. The van der Waals surface area contributed by atoms with Gasteiger partial charge in [0, 0.05) is 22.4 Å². The molecular weight excluding hydrogens is 435 g/mol. The molecule has 0 bridgehead atoms. The predicted octanol–water partition coefficient (Wildman–Crippen LogP) is 5.22. The second kappa shape index (κ2) is 10.1. The average Bonchev–Trinajstić information content (AvgIpc) is 3.20. The summed E-state index contributed by atoms with van der Waals surface area (Å²) in [6, 6.07) is 14.8. The molecule has 1 atom stereocenters. The third kappa shape index (κ3) is 5.14. The number of carbonyl (C=O) groups excluding carboxylic acids is 1. The van der Waals surface area contributed by atoms with Gasteiger partial charge in [0.15, 0.2) is 11.0 Å². The number of benzene rings is 2. The van der Waals surface area contributed by atoms with Gasteiger partial charge in [-0.3, -0.25) is 14.6 Å². The number of nitrogens with zero attached hydrogens (tertiary/aromatic N) is 1. The zero-order valence-corrected chi connectivity index (χ0v) is 18.6. The molecule has 2 aromatic carbocycles. The van der Waals surface area contributed by atoms with E-state index in [-0.39, 0.29) is 24.5 Å². The average molecular weight is 459 g/mol. The van der Waals surface area contributed by atoms with Crippen molar-refractivity contribution in [2.75, 3.05) is 5.75 Å². The Bertz CT molecular complexity index is 1100. The van der Waals surface area contributed by atoms with Crippen LogP contribution in [0.15, 0.2) is 53.5 Å². The maximum atomic E-state index is 14.7. The van der Waals surface area contributed by atoms with Gasteiger partial charge in [-0.25, -0.2) is 4.39 Å². The van der Waals surface area contributed by atoms with Crippen LogP contribution in [-0.4, -0.2) is 28.3 Å². The van der Waals surface area contributed by atoms with E-state index < -0.39 is 5.54 Å². The number of halogens is 1. The molecule has 0 unspecified atom stereocenters. The van der Waals surface area contributed by atoms with Crippen molar-refractivity contribution in [2.45, 2.75) is 31.7 Å². The molecule has 1 aliphatic heterocycles. The van der Waals surface area contributed by atoms with E-state index in [0.717, 1.165) is 32.7 Å². The molecule has 4 rings (SSSR count). The standard InChI is InChI=1S/C22H21FN2OS2.CH2O2/c1-2-22(9-10-27-21(24)25-22)16-11-14(7-8-17(16)23)12-18(26)20-13-15-5-3-4-6-19(15)28-20;2-1-3/h3-8,11,13H,2,9-10,12H2,1H3,(H2,24,25);1H,(H,2,3)/t22-;/m0./s1. The quantitative estimate of drug-likeness (QED) is 0.404. The summed E-state index contributed by atoms with van der Waals surface area (Å²) in [5.74, 6) is 0.572. The summed E-state index contributed by atoms with van der Waals surface area (Å²) in [5.41, 5.74) is 6.65. The molecule has 0 amide bonds. The zero-order valence-electron chi connectivity index (χ0n) is 17.0. The number of thiophene rings is 1. The Labute approximate surface area is 188 Å². The van der Waals surface area contributed by atoms with E-state index in [2.05, 4.69) is 4.99 Å². The summed E-state index contributed by atoms with van der Waals surface area (Å²) in [7, 11) is 0. The minimum atomic E-state index is -0.643. The third-order valence-corrected chi connectivity index (χ3v) is 7.22. The number of rotatable bonds is 5. The van der Waals surface area contributed by atoms with E-state index in [9.17, 15) is 9.18 Å². The molecule has 2 heterocycles. The van der Waals surface area contributed by atoms with Crippen molar-refractivity contribution in [3.8, 4) is 0 Å². The lowest BCUT2D eigenvalue weighted by molar-refractivity contribution is -0.122. The first kappa shape index (κ1) is 23.0. The van der Waals surface area contributed by atoms with Crippen molar-refractivity contribution in [2.24, 2.45) is 10.7 Å². The Balaban J connectivity index is 0.000000858. The number of hydrogen-bond donors (Lipinski definition) is 2. The summed E-state index contributed by atoms with van der Waals surface area (Å²) >= 11 is 3.00. The van der Waals surface area contributed by atoms with Gasteiger partial charge in [0.05, 0.1) is 10.4 Å². The van der Waals surface area contributed by atoms with E-state index in [1.165, 1.54) is 29.2 Å². The lowest BCUT2D eigenvalue weighted by Crippen LogP contribution is -2.32. The first-order chi connectivity index (χ1) is 14.9. The SMILES string of the molecule is CC[C@@]1(c2cc(CC(=O)c3cc4ccccc4s3)ccc2F)CCSC(N)=N1.O=CO. The van der Waals surface area contributed by atoms with Crippen LogP contribution in [0.25, 0.3) is 10.1 Å². The molecule has 0 saturated heterocycles. The van der Waals surface area contributed by atoms with E-state index in [1.807, 2.05) is 37.3 Å². The van der Waals surface area contributed by atoms with Crippen LogP contribution < -0.4 is 5.73 Å². The molecule has 0 saturated carbocycles. The van der Waals surface area contributed by atoms with Crippen LogP contribution in [0.5, 0.6) is 0 Å². The molecule has 0 fully saturated rings. The van der Waals surface area contributed by atoms with Crippen molar-refractivity contribution in [1.29, 1.82) is 0 Å². The number of ketones is 1. The van der Waals surface area contributed by atoms with Crippen LogP contribution in [0.3, 0.4) is 0 Å². The van der Waals surface area contributed by atoms with Crippen LogP contribution in [-0.2, 0) is 16.8 Å². The monoisotopic (exact) mass is 458 g/mol. The van der Waals surface area contributed by atoms with Crippen LogP contribution in [0.1, 0.15) is 40.6 Å². The largest absolute Gasteiger partial charge is 0.483 e. The first-order valence-corrected chi connectivity index (χ1v) is 11.6. The minimum absolute atomic E-state index is 0.0477. The highest BCUT2D eigenvalue weighted by Gasteiger charge is 2.35.